The molecular formula is C19H35IN4O. The summed E-state index contributed by atoms with van der Waals surface area (Å²) >= 11 is 0. The fourth-order valence-electron chi connectivity index (χ4n) is 3.11. The Balaban J connectivity index is 0.00000312. The Kier molecular flexibility index (Phi) is 9.24. The van der Waals surface area contributed by atoms with Crippen LogP contribution < -0.4 is 10.6 Å². The molecule has 0 aromatic carbocycles. The highest BCUT2D eigenvalue weighted by Gasteiger charge is 2.21. The van der Waals surface area contributed by atoms with E-state index in [1.807, 2.05) is 6.20 Å². The van der Waals surface area contributed by atoms with Gasteiger partial charge in [0.1, 0.15) is 12.3 Å². The molecule has 1 fully saturated rings. The first kappa shape index (κ1) is 22.3. The van der Waals surface area contributed by atoms with Crippen molar-refractivity contribution in [1.82, 2.24) is 15.6 Å². The highest BCUT2D eigenvalue weighted by atomic mass is 127. The van der Waals surface area contributed by atoms with Gasteiger partial charge in [0.2, 0.25) is 5.89 Å². The molecule has 0 spiro atoms. The van der Waals surface area contributed by atoms with E-state index in [9.17, 15) is 0 Å². The number of nitrogens with one attached hydrogen (secondary N) is 2. The van der Waals surface area contributed by atoms with Gasteiger partial charge in [-0.15, -0.1) is 24.0 Å². The van der Waals surface area contributed by atoms with Crippen molar-refractivity contribution in [3.05, 3.63) is 17.8 Å². The van der Waals surface area contributed by atoms with Crippen LogP contribution in [-0.4, -0.2) is 23.5 Å². The topological polar surface area (TPSA) is 62.5 Å². The fourth-order valence-corrected chi connectivity index (χ4v) is 3.11. The first-order valence-corrected chi connectivity index (χ1v) is 9.42. The number of oxazole rings is 1. The predicted octanol–water partition coefficient (Wildman–Crippen LogP) is 4.61. The Morgan fingerprint density at radius 3 is 2.44 bits per heavy atom. The van der Waals surface area contributed by atoms with Crippen LogP contribution >= 0.6 is 24.0 Å². The summed E-state index contributed by atoms with van der Waals surface area (Å²) in [6.45, 7) is 12.1. The Morgan fingerprint density at radius 1 is 1.24 bits per heavy atom. The molecule has 1 saturated carbocycles. The first-order valence-electron chi connectivity index (χ1n) is 9.42. The van der Waals surface area contributed by atoms with Crippen LogP contribution in [-0.2, 0) is 12.0 Å². The second kappa shape index (κ2) is 10.4. The molecule has 1 aliphatic rings. The summed E-state index contributed by atoms with van der Waals surface area (Å²) in [5, 5.41) is 6.91. The number of halogens is 1. The zero-order valence-electron chi connectivity index (χ0n) is 16.4. The van der Waals surface area contributed by atoms with E-state index in [0.717, 1.165) is 24.2 Å². The number of aliphatic imine (C=N–C) groups is 1. The number of hydrogen-bond donors (Lipinski definition) is 2. The van der Waals surface area contributed by atoms with E-state index >= 15 is 0 Å². The lowest BCUT2D eigenvalue weighted by molar-refractivity contribution is 0.304. The summed E-state index contributed by atoms with van der Waals surface area (Å²) in [7, 11) is 0. The third-order valence-corrected chi connectivity index (χ3v) is 4.77. The number of rotatable bonds is 5. The maximum Gasteiger partial charge on any atom is 0.216 e. The lowest BCUT2D eigenvalue weighted by Crippen LogP contribution is -2.44. The third-order valence-electron chi connectivity index (χ3n) is 4.77. The second-order valence-electron chi connectivity index (χ2n) is 7.83. The number of hydrogen-bond acceptors (Lipinski definition) is 3. The Bertz CT molecular complexity index is 528. The standard InChI is InChI=1S/C19H34N4O.HI/c1-6-14-8-10-15(11-9-14)23-18(20-7-2)22-13-17-21-12-16(24-17)19(3,4)5;/h12,14-15H,6-11,13H2,1-5H3,(H2,20,22,23);1H. The van der Waals surface area contributed by atoms with Gasteiger partial charge in [-0.2, -0.15) is 0 Å². The van der Waals surface area contributed by atoms with Crippen molar-refractivity contribution >= 4 is 29.9 Å². The Labute approximate surface area is 169 Å². The zero-order chi connectivity index (χ0) is 17.6. The van der Waals surface area contributed by atoms with Crippen molar-refractivity contribution in [1.29, 1.82) is 0 Å². The van der Waals surface area contributed by atoms with Crippen molar-refractivity contribution in [2.75, 3.05) is 6.54 Å². The Hall–Kier alpha value is -0.790. The number of guanidine groups is 1. The molecule has 144 valence electrons. The summed E-state index contributed by atoms with van der Waals surface area (Å²) in [5.74, 6) is 3.36. The molecule has 0 unspecified atom stereocenters. The molecule has 0 aliphatic heterocycles. The van der Waals surface area contributed by atoms with E-state index in [4.69, 9.17) is 4.42 Å². The maximum atomic E-state index is 5.82. The fraction of sp³-hybridized carbons (Fsp3) is 0.789. The van der Waals surface area contributed by atoms with Crippen molar-refractivity contribution in [3.63, 3.8) is 0 Å². The van der Waals surface area contributed by atoms with Crippen LogP contribution in [0.4, 0.5) is 0 Å². The van der Waals surface area contributed by atoms with Crippen LogP contribution in [0, 0.1) is 5.92 Å². The normalized spacial score (nSPS) is 21.6. The van der Waals surface area contributed by atoms with Gasteiger partial charge in [-0.3, -0.25) is 0 Å². The van der Waals surface area contributed by atoms with E-state index in [-0.39, 0.29) is 29.4 Å². The lowest BCUT2D eigenvalue weighted by Gasteiger charge is -2.29. The van der Waals surface area contributed by atoms with Crippen LogP contribution in [0.1, 0.15) is 78.4 Å². The molecule has 0 atom stereocenters. The molecule has 0 amide bonds. The van der Waals surface area contributed by atoms with Gasteiger partial charge in [0, 0.05) is 18.0 Å². The summed E-state index contributed by atoms with van der Waals surface area (Å²) < 4.78 is 5.82. The third kappa shape index (κ3) is 7.15. The molecule has 1 aromatic rings. The molecule has 0 saturated heterocycles. The van der Waals surface area contributed by atoms with Gasteiger partial charge in [-0.1, -0.05) is 34.1 Å². The van der Waals surface area contributed by atoms with Crippen molar-refractivity contribution < 1.29 is 4.42 Å². The van der Waals surface area contributed by atoms with E-state index in [2.05, 4.69) is 55.2 Å². The predicted molar refractivity (Wildman–Crippen MR) is 115 cm³/mol. The smallest absolute Gasteiger partial charge is 0.216 e. The minimum Gasteiger partial charge on any atom is -0.443 e. The molecule has 6 heteroatoms. The molecule has 1 aromatic heterocycles. The molecule has 1 aliphatic carbocycles. The first-order chi connectivity index (χ1) is 11.4. The SMILES string of the molecule is CCNC(=NCc1ncc(C(C)(C)C)o1)NC1CCC(CC)CC1.I. The number of nitrogens with zero attached hydrogens (tertiary/aromatic N) is 2. The molecule has 0 radical (unpaired) electrons. The molecule has 1 heterocycles. The second-order valence-corrected chi connectivity index (χ2v) is 7.83. The molecule has 2 rings (SSSR count). The average Bonchev–Trinajstić information content (AvgIpc) is 3.03. The summed E-state index contributed by atoms with van der Waals surface area (Å²) in [5.41, 5.74) is -0.0182. The van der Waals surface area contributed by atoms with Crippen molar-refractivity contribution in [3.8, 4) is 0 Å². The quantitative estimate of drug-likeness (QED) is 0.381. The van der Waals surface area contributed by atoms with Crippen LogP contribution in [0.25, 0.3) is 0 Å². The molecule has 5 nitrogen and oxygen atoms in total. The van der Waals surface area contributed by atoms with Crippen LogP contribution in [0.2, 0.25) is 0 Å². The van der Waals surface area contributed by atoms with Crippen LogP contribution in [0.15, 0.2) is 15.6 Å². The summed E-state index contributed by atoms with van der Waals surface area (Å²) in [6.07, 6.45) is 8.23. The van der Waals surface area contributed by atoms with Crippen molar-refractivity contribution in [2.45, 2.75) is 84.7 Å². The van der Waals surface area contributed by atoms with E-state index in [1.54, 1.807) is 0 Å². The summed E-state index contributed by atoms with van der Waals surface area (Å²) in [6, 6.07) is 0.528. The summed E-state index contributed by atoms with van der Waals surface area (Å²) in [4.78, 5) is 9.00. The molecular weight excluding hydrogens is 427 g/mol. The van der Waals surface area contributed by atoms with Crippen LogP contribution in [0.5, 0.6) is 0 Å². The Morgan fingerprint density at radius 2 is 1.92 bits per heavy atom. The lowest BCUT2D eigenvalue weighted by atomic mass is 9.84. The number of aromatic nitrogens is 1. The minimum atomic E-state index is -0.0182. The highest BCUT2D eigenvalue weighted by Crippen LogP contribution is 2.26. The van der Waals surface area contributed by atoms with Crippen LogP contribution in [0.3, 0.4) is 0 Å². The van der Waals surface area contributed by atoms with E-state index < -0.39 is 0 Å². The molecule has 0 bridgehead atoms. The largest absolute Gasteiger partial charge is 0.443 e. The van der Waals surface area contributed by atoms with E-state index in [1.165, 1.54) is 32.1 Å². The maximum absolute atomic E-state index is 5.82. The van der Waals surface area contributed by atoms with Gasteiger partial charge in [0.15, 0.2) is 5.96 Å². The molecule has 25 heavy (non-hydrogen) atoms. The van der Waals surface area contributed by atoms with Gasteiger partial charge in [-0.25, -0.2) is 9.98 Å². The van der Waals surface area contributed by atoms with Gasteiger partial charge in [0.05, 0.1) is 6.20 Å². The van der Waals surface area contributed by atoms with Crippen molar-refractivity contribution in [2.24, 2.45) is 10.9 Å². The van der Waals surface area contributed by atoms with Gasteiger partial charge in [0.25, 0.3) is 0 Å². The van der Waals surface area contributed by atoms with E-state index in [0.29, 0.717) is 18.5 Å². The monoisotopic (exact) mass is 462 g/mol. The minimum absolute atomic E-state index is 0. The average molecular weight is 462 g/mol. The zero-order valence-corrected chi connectivity index (χ0v) is 18.7. The molecule has 2 N–H and O–H groups in total. The van der Waals surface area contributed by atoms with Gasteiger partial charge in [-0.05, 0) is 38.5 Å². The highest BCUT2D eigenvalue weighted by molar-refractivity contribution is 14.0. The van der Waals surface area contributed by atoms with Gasteiger partial charge < -0.3 is 15.1 Å². The van der Waals surface area contributed by atoms with Gasteiger partial charge >= 0.3 is 0 Å².